The van der Waals surface area contributed by atoms with E-state index in [0.29, 0.717) is 0 Å². The molecule has 3 rings (SSSR count). The van der Waals surface area contributed by atoms with E-state index in [-0.39, 0.29) is 0 Å². The molecule has 1 aromatic heterocycles. The first kappa shape index (κ1) is 8.89. The quantitative estimate of drug-likeness (QED) is 0.756. The van der Waals surface area contributed by atoms with Gasteiger partial charge in [0, 0.05) is 35.3 Å². The van der Waals surface area contributed by atoms with Crippen molar-refractivity contribution in [1.29, 1.82) is 0 Å². The molecule has 0 aromatic carbocycles. The molecule has 2 aliphatic rings. The lowest BCUT2D eigenvalue weighted by atomic mass is 10.1. The van der Waals surface area contributed by atoms with Crippen molar-refractivity contribution in [2.75, 3.05) is 20.1 Å². The Hall–Kier alpha value is -0.380. The van der Waals surface area contributed by atoms with Crippen LogP contribution in [0, 0.1) is 0 Å². The molecule has 0 radical (unpaired) electrons. The van der Waals surface area contributed by atoms with Crippen LogP contribution in [-0.2, 0) is 13.1 Å². The summed E-state index contributed by atoms with van der Waals surface area (Å²) in [6.45, 7) is 4.72. The van der Waals surface area contributed by atoms with E-state index in [9.17, 15) is 0 Å². The Bertz CT molecular complexity index is 316. The summed E-state index contributed by atoms with van der Waals surface area (Å²) >= 11 is 2.04. The molecule has 1 aromatic rings. The zero-order valence-electron chi connectivity index (χ0n) is 8.55. The third-order valence-corrected chi connectivity index (χ3v) is 4.56. The number of fused-ring (bicyclic) bond motifs is 1. The van der Waals surface area contributed by atoms with Crippen LogP contribution in [-0.4, -0.2) is 25.0 Å². The monoisotopic (exact) mass is 208 g/mol. The van der Waals surface area contributed by atoms with E-state index < -0.39 is 0 Å². The average Bonchev–Trinajstić information content (AvgIpc) is 2.74. The molecule has 14 heavy (non-hydrogen) atoms. The number of nitrogens with zero attached hydrogens (tertiary/aromatic N) is 1. The van der Waals surface area contributed by atoms with Crippen LogP contribution in [0.15, 0.2) is 6.07 Å². The second-order valence-corrected chi connectivity index (χ2v) is 5.63. The number of nitrogens with one attached hydrogen (secondary N) is 1. The third kappa shape index (κ3) is 1.40. The second-order valence-electron chi connectivity index (χ2n) is 4.46. The molecular formula is C11H16N2S. The van der Waals surface area contributed by atoms with Gasteiger partial charge in [-0.1, -0.05) is 0 Å². The van der Waals surface area contributed by atoms with E-state index in [2.05, 4.69) is 23.3 Å². The Morgan fingerprint density at radius 1 is 1.50 bits per heavy atom. The lowest BCUT2D eigenvalue weighted by molar-refractivity contribution is 0.354. The fourth-order valence-electron chi connectivity index (χ4n) is 2.45. The van der Waals surface area contributed by atoms with Crippen LogP contribution in [0.4, 0.5) is 0 Å². The molecule has 0 saturated carbocycles. The molecule has 0 spiro atoms. The maximum Gasteiger partial charge on any atom is 0.0331 e. The fraction of sp³-hybridized carbons (Fsp3) is 0.636. The highest BCUT2D eigenvalue weighted by atomic mass is 32.1. The van der Waals surface area contributed by atoms with Crippen LogP contribution in [0.2, 0.25) is 0 Å². The lowest BCUT2D eigenvalue weighted by Crippen LogP contribution is -2.09. The van der Waals surface area contributed by atoms with Gasteiger partial charge < -0.3 is 5.32 Å². The van der Waals surface area contributed by atoms with Gasteiger partial charge in [0.05, 0.1) is 0 Å². The van der Waals surface area contributed by atoms with E-state index in [1.165, 1.54) is 26.1 Å². The van der Waals surface area contributed by atoms with Gasteiger partial charge in [0.1, 0.15) is 0 Å². The van der Waals surface area contributed by atoms with E-state index in [4.69, 9.17) is 0 Å². The number of rotatable bonds is 1. The predicted molar refractivity (Wildman–Crippen MR) is 59.7 cm³/mol. The SMILES string of the molecule is CN1Cc2cc(C3CCNC3)sc2C1. The first-order valence-electron chi connectivity index (χ1n) is 5.33. The van der Waals surface area contributed by atoms with Gasteiger partial charge in [-0.05, 0) is 31.6 Å². The molecule has 1 unspecified atom stereocenters. The second kappa shape index (κ2) is 3.33. The van der Waals surface area contributed by atoms with Gasteiger partial charge in [0.2, 0.25) is 0 Å². The van der Waals surface area contributed by atoms with Gasteiger partial charge in [-0.15, -0.1) is 11.3 Å². The number of thiophene rings is 1. The minimum atomic E-state index is 0.802. The van der Waals surface area contributed by atoms with Crippen LogP contribution >= 0.6 is 11.3 Å². The normalized spacial score (nSPS) is 27.1. The molecule has 2 aliphatic heterocycles. The molecule has 0 bridgehead atoms. The van der Waals surface area contributed by atoms with Crippen molar-refractivity contribution in [2.24, 2.45) is 0 Å². The van der Waals surface area contributed by atoms with Gasteiger partial charge in [-0.25, -0.2) is 0 Å². The van der Waals surface area contributed by atoms with Crippen molar-refractivity contribution in [3.8, 4) is 0 Å². The minimum absolute atomic E-state index is 0.802. The Morgan fingerprint density at radius 2 is 2.43 bits per heavy atom. The highest BCUT2D eigenvalue weighted by Gasteiger charge is 2.24. The summed E-state index contributed by atoms with van der Waals surface area (Å²) in [5, 5.41) is 3.44. The van der Waals surface area contributed by atoms with Gasteiger partial charge in [0.25, 0.3) is 0 Å². The maximum atomic E-state index is 3.44. The molecule has 1 atom stereocenters. The summed E-state index contributed by atoms with van der Waals surface area (Å²) in [4.78, 5) is 5.61. The van der Waals surface area contributed by atoms with Gasteiger partial charge in [-0.3, -0.25) is 4.90 Å². The largest absolute Gasteiger partial charge is 0.316 e. The highest BCUT2D eigenvalue weighted by molar-refractivity contribution is 7.12. The lowest BCUT2D eigenvalue weighted by Gasteiger charge is -2.07. The molecule has 3 heteroatoms. The predicted octanol–water partition coefficient (Wildman–Crippen LogP) is 1.77. The zero-order chi connectivity index (χ0) is 9.54. The average molecular weight is 208 g/mol. The molecule has 3 heterocycles. The highest BCUT2D eigenvalue weighted by Crippen LogP contribution is 2.35. The van der Waals surface area contributed by atoms with Crippen LogP contribution < -0.4 is 5.32 Å². The molecular weight excluding hydrogens is 192 g/mol. The van der Waals surface area contributed by atoms with Crippen LogP contribution in [0.1, 0.15) is 27.7 Å². The summed E-state index contributed by atoms with van der Waals surface area (Å²) in [5.74, 6) is 0.802. The van der Waals surface area contributed by atoms with E-state index in [1.807, 2.05) is 11.3 Å². The van der Waals surface area contributed by atoms with Gasteiger partial charge >= 0.3 is 0 Å². The summed E-state index contributed by atoms with van der Waals surface area (Å²) in [5.41, 5.74) is 1.58. The third-order valence-electron chi connectivity index (χ3n) is 3.23. The zero-order valence-corrected chi connectivity index (χ0v) is 9.36. The molecule has 2 nitrogen and oxygen atoms in total. The topological polar surface area (TPSA) is 15.3 Å². The van der Waals surface area contributed by atoms with Crippen molar-refractivity contribution in [3.63, 3.8) is 0 Å². The standard InChI is InChI=1S/C11H16N2S/c1-13-6-9-4-10(14-11(9)7-13)8-2-3-12-5-8/h4,8,12H,2-3,5-7H2,1H3. The van der Waals surface area contributed by atoms with E-state index in [0.717, 1.165) is 12.5 Å². The van der Waals surface area contributed by atoms with Crippen LogP contribution in [0.3, 0.4) is 0 Å². The molecule has 0 aliphatic carbocycles. The number of hydrogen-bond donors (Lipinski definition) is 1. The Balaban J connectivity index is 1.85. The molecule has 1 fully saturated rings. The molecule has 1 N–H and O–H groups in total. The Morgan fingerprint density at radius 3 is 3.14 bits per heavy atom. The summed E-state index contributed by atoms with van der Waals surface area (Å²) in [6, 6.07) is 2.45. The van der Waals surface area contributed by atoms with Crippen molar-refractivity contribution in [2.45, 2.75) is 25.4 Å². The summed E-state index contributed by atoms with van der Waals surface area (Å²) < 4.78 is 0. The maximum absolute atomic E-state index is 3.44. The van der Waals surface area contributed by atoms with Crippen LogP contribution in [0.5, 0.6) is 0 Å². The molecule has 0 amide bonds. The van der Waals surface area contributed by atoms with Crippen molar-refractivity contribution in [1.82, 2.24) is 10.2 Å². The summed E-state index contributed by atoms with van der Waals surface area (Å²) in [6.07, 6.45) is 1.33. The summed E-state index contributed by atoms with van der Waals surface area (Å²) in [7, 11) is 2.20. The molecule has 76 valence electrons. The first-order valence-corrected chi connectivity index (χ1v) is 6.15. The Labute approximate surface area is 88.9 Å². The first-order chi connectivity index (χ1) is 6.83. The Kier molecular flexibility index (Phi) is 2.11. The smallest absolute Gasteiger partial charge is 0.0331 e. The fourth-order valence-corrected chi connectivity index (χ4v) is 3.84. The molecule has 1 saturated heterocycles. The van der Waals surface area contributed by atoms with E-state index in [1.54, 1.807) is 15.3 Å². The van der Waals surface area contributed by atoms with Crippen molar-refractivity contribution in [3.05, 3.63) is 21.4 Å². The minimum Gasteiger partial charge on any atom is -0.316 e. The van der Waals surface area contributed by atoms with Crippen molar-refractivity contribution < 1.29 is 0 Å². The van der Waals surface area contributed by atoms with E-state index >= 15 is 0 Å². The number of hydrogen-bond acceptors (Lipinski definition) is 3. The van der Waals surface area contributed by atoms with Gasteiger partial charge in [0.15, 0.2) is 0 Å². The van der Waals surface area contributed by atoms with Crippen molar-refractivity contribution >= 4 is 11.3 Å². The van der Waals surface area contributed by atoms with Crippen LogP contribution in [0.25, 0.3) is 0 Å². The van der Waals surface area contributed by atoms with Gasteiger partial charge in [-0.2, -0.15) is 0 Å².